The maximum Gasteiger partial charge on any atom is 0.348 e. The molecule has 0 spiro atoms. The molecule has 14 heavy (non-hydrogen) atoms. The molecule has 0 fully saturated rings. The molecule has 1 heterocycles. The van der Waals surface area contributed by atoms with Crippen molar-refractivity contribution in [2.24, 2.45) is 5.16 Å². The molecule has 0 aromatic carbocycles. The summed E-state index contributed by atoms with van der Waals surface area (Å²) in [6.45, 7) is 2.16. The van der Waals surface area contributed by atoms with E-state index in [1.807, 2.05) is 0 Å². The molecule has 0 radical (unpaired) electrons. The third-order valence-corrected chi connectivity index (χ3v) is 2.32. The smallest absolute Gasteiger partial charge is 0.348 e. The monoisotopic (exact) mass is 199 g/mol. The van der Waals surface area contributed by atoms with Gasteiger partial charge in [0.15, 0.2) is 0 Å². The Morgan fingerprint density at radius 3 is 2.93 bits per heavy atom. The molecule has 0 aromatic heterocycles. The number of unbranched alkanes of at least 4 members (excludes halogenated alkanes) is 3. The molecule has 1 rings (SSSR count). The van der Waals surface area contributed by atoms with E-state index in [-0.39, 0.29) is 0 Å². The first kappa shape index (κ1) is 11.0. The largest absolute Gasteiger partial charge is 0.478 e. The van der Waals surface area contributed by atoms with Gasteiger partial charge in [0.25, 0.3) is 0 Å². The lowest BCUT2D eigenvalue weighted by Crippen LogP contribution is -2.19. The van der Waals surface area contributed by atoms with Crippen LogP contribution < -0.4 is 0 Å². The van der Waals surface area contributed by atoms with Crippen LogP contribution in [0.15, 0.2) is 5.16 Å². The summed E-state index contributed by atoms with van der Waals surface area (Å²) in [6.07, 6.45) is 5.31. The van der Waals surface area contributed by atoms with Gasteiger partial charge in [0, 0.05) is 6.42 Å². The van der Waals surface area contributed by atoms with Gasteiger partial charge in [0.2, 0.25) is 6.10 Å². The molecular formula is C10H17NO3. The zero-order chi connectivity index (χ0) is 10.4. The molecule has 1 aliphatic heterocycles. The van der Waals surface area contributed by atoms with E-state index in [0.717, 1.165) is 18.6 Å². The molecule has 4 nitrogen and oxygen atoms in total. The average molecular weight is 199 g/mol. The van der Waals surface area contributed by atoms with Crippen LogP contribution in [0.2, 0.25) is 0 Å². The fourth-order valence-electron chi connectivity index (χ4n) is 1.46. The van der Waals surface area contributed by atoms with Gasteiger partial charge < -0.3 is 9.94 Å². The van der Waals surface area contributed by atoms with Gasteiger partial charge in [-0.05, 0) is 12.8 Å². The quantitative estimate of drug-likeness (QED) is 0.667. The summed E-state index contributed by atoms with van der Waals surface area (Å²) in [6, 6.07) is 0. The minimum atomic E-state index is -0.919. The number of carbonyl (C=O) groups is 1. The van der Waals surface area contributed by atoms with E-state index in [2.05, 4.69) is 12.1 Å². The van der Waals surface area contributed by atoms with Crippen molar-refractivity contribution in [1.82, 2.24) is 0 Å². The molecule has 1 atom stereocenters. The molecular weight excluding hydrogens is 182 g/mol. The Morgan fingerprint density at radius 1 is 1.57 bits per heavy atom. The predicted octanol–water partition coefficient (Wildman–Crippen LogP) is 2.19. The van der Waals surface area contributed by atoms with E-state index in [4.69, 9.17) is 9.94 Å². The lowest BCUT2D eigenvalue weighted by atomic mass is 10.1. The Hall–Kier alpha value is -1.06. The van der Waals surface area contributed by atoms with Crippen molar-refractivity contribution in [3.63, 3.8) is 0 Å². The first-order valence-corrected chi connectivity index (χ1v) is 5.18. The maximum atomic E-state index is 10.5. The first-order chi connectivity index (χ1) is 6.74. The zero-order valence-corrected chi connectivity index (χ0v) is 8.53. The molecule has 0 aromatic rings. The second-order valence-electron chi connectivity index (χ2n) is 3.60. The number of nitrogens with zero attached hydrogens (tertiary/aromatic N) is 1. The minimum absolute atomic E-state index is 0.460. The van der Waals surface area contributed by atoms with Crippen molar-refractivity contribution in [1.29, 1.82) is 0 Å². The summed E-state index contributed by atoms with van der Waals surface area (Å²) < 4.78 is 0. The van der Waals surface area contributed by atoms with Crippen LogP contribution in [-0.2, 0) is 9.63 Å². The van der Waals surface area contributed by atoms with E-state index in [0.29, 0.717) is 6.42 Å². The Bertz CT molecular complexity index is 225. The third kappa shape index (κ3) is 3.36. The van der Waals surface area contributed by atoms with E-state index < -0.39 is 12.1 Å². The second-order valence-corrected chi connectivity index (χ2v) is 3.60. The van der Waals surface area contributed by atoms with E-state index in [1.54, 1.807) is 0 Å². The fraction of sp³-hybridized carbons (Fsp3) is 0.800. The molecule has 0 saturated heterocycles. The third-order valence-electron chi connectivity index (χ3n) is 2.32. The SMILES string of the molecule is CCCCCCC1=NOC(C(=O)O)C1. The Morgan fingerprint density at radius 2 is 2.36 bits per heavy atom. The number of rotatable bonds is 6. The van der Waals surface area contributed by atoms with Crippen molar-refractivity contribution in [3.8, 4) is 0 Å². The van der Waals surface area contributed by atoms with E-state index in [9.17, 15) is 4.79 Å². The molecule has 80 valence electrons. The van der Waals surface area contributed by atoms with Gasteiger partial charge in [-0.3, -0.25) is 0 Å². The molecule has 0 aliphatic carbocycles. The Labute approximate surface area is 83.9 Å². The van der Waals surface area contributed by atoms with Crippen molar-refractivity contribution < 1.29 is 14.7 Å². The summed E-state index contributed by atoms with van der Waals surface area (Å²) in [5, 5.41) is 12.4. The summed E-state index contributed by atoms with van der Waals surface area (Å²) in [5.74, 6) is -0.919. The number of carboxylic acids is 1. The van der Waals surface area contributed by atoms with Crippen LogP contribution in [0, 0.1) is 0 Å². The lowest BCUT2D eigenvalue weighted by molar-refractivity contribution is -0.148. The number of aliphatic carboxylic acids is 1. The molecule has 4 heteroatoms. The highest BCUT2D eigenvalue weighted by molar-refractivity contribution is 5.90. The fourth-order valence-corrected chi connectivity index (χ4v) is 1.46. The summed E-state index contributed by atoms with van der Waals surface area (Å²) >= 11 is 0. The van der Waals surface area contributed by atoms with Crippen molar-refractivity contribution in [2.45, 2.75) is 51.6 Å². The summed E-state index contributed by atoms with van der Waals surface area (Å²) in [5.41, 5.74) is 0.897. The molecule has 1 aliphatic rings. The highest BCUT2D eigenvalue weighted by Gasteiger charge is 2.26. The average Bonchev–Trinajstić information content (AvgIpc) is 2.61. The first-order valence-electron chi connectivity index (χ1n) is 5.18. The maximum absolute atomic E-state index is 10.5. The van der Waals surface area contributed by atoms with E-state index >= 15 is 0 Å². The predicted molar refractivity (Wildman–Crippen MR) is 53.3 cm³/mol. The van der Waals surface area contributed by atoms with Gasteiger partial charge in [0.05, 0.1) is 5.71 Å². The zero-order valence-electron chi connectivity index (χ0n) is 8.53. The van der Waals surface area contributed by atoms with Crippen molar-refractivity contribution in [3.05, 3.63) is 0 Å². The molecule has 0 amide bonds. The lowest BCUT2D eigenvalue weighted by Gasteiger charge is -1.99. The topological polar surface area (TPSA) is 58.9 Å². The highest BCUT2D eigenvalue weighted by Crippen LogP contribution is 2.15. The molecule has 1 N–H and O–H groups in total. The van der Waals surface area contributed by atoms with Crippen LogP contribution >= 0.6 is 0 Å². The van der Waals surface area contributed by atoms with Gasteiger partial charge in [-0.15, -0.1) is 0 Å². The molecule has 0 saturated carbocycles. The number of hydrogen-bond donors (Lipinski definition) is 1. The Kier molecular flexibility index (Phi) is 4.43. The number of hydrogen-bond acceptors (Lipinski definition) is 3. The van der Waals surface area contributed by atoms with Gasteiger partial charge in [-0.1, -0.05) is 31.3 Å². The van der Waals surface area contributed by atoms with Crippen LogP contribution in [0.1, 0.15) is 45.4 Å². The van der Waals surface area contributed by atoms with Gasteiger partial charge in [-0.2, -0.15) is 0 Å². The van der Waals surface area contributed by atoms with Gasteiger partial charge >= 0.3 is 5.97 Å². The normalized spacial score (nSPS) is 20.4. The van der Waals surface area contributed by atoms with E-state index in [1.165, 1.54) is 19.3 Å². The van der Waals surface area contributed by atoms with Crippen LogP contribution in [0.3, 0.4) is 0 Å². The summed E-state index contributed by atoms with van der Waals surface area (Å²) in [4.78, 5) is 15.3. The van der Waals surface area contributed by atoms with Gasteiger partial charge in [-0.25, -0.2) is 4.79 Å². The van der Waals surface area contributed by atoms with Crippen LogP contribution in [-0.4, -0.2) is 22.9 Å². The number of carboxylic acid groups (broad SMARTS) is 1. The minimum Gasteiger partial charge on any atom is -0.478 e. The van der Waals surface area contributed by atoms with Crippen LogP contribution in [0.5, 0.6) is 0 Å². The van der Waals surface area contributed by atoms with Crippen molar-refractivity contribution in [2.75, 3.05) is 0 Å². The van der Waals surface area contributed by atoms with Crippen molar-refractivity contribution >= 4 is 11.7 Å². The standard InChI is InChI=1S/C10H17NO3/c1-2-3-4-5-6-8-7-9(10(12)13)14-11-8/h9H,2-7H2,1H3,(H,12,13). The van der Waals surface area contributed by atoms with Gasteiger partial charge in [0.1, 0.15) is 0 Å². The Balaban J connectivity index is 2.12. The molecule has 1 unspecified atom stereocenters. The highest BCUT2D eigenvalue weighted by atomic mass is 16.7. The second kappa shape index (κ2) is 5.62. The van der Waals surface area contributed by atoms with Crippen LogP contribution in [0.25, 0.3) is 0 Å². The van der Waals surface area contributed by atoms with Crippen LogP contribution in [0.4, 0.5) is 0 Å². The molecule has 0 bridgehead atoms. The summed E-state index contributed by atoms with van der Waals surface area (Å²) in [7, 11) is 0. The number of oxime groups is 1.